The molecule has 2 aliphatic rings. The van der Waals surface area contributed by atoms with Crippen molar-refractivity contribution in [1.82, 2.24) is 15.5 Å². The van der Waals surface area contributed by atoms with Crippen molar-refractivity contribution in [2.75, 3.05) is 0 Å². The second-order valence-electron chi connectivity index (χ2n) is 7.75. The highest BCUT2D eigenvalue weighted by Gasteiger charge is 2.68. The van der Waals surface area contributed by atoms with Crippen LogP contribution in [0.1, 0.15) is 50.5 Å². The fourth-order valence-corrected chi connectivity index (χ4v) is 4.14. The number of hydrogen-bond donors (Lipinski definition) is 2. The van der Waals surface area contributed by atoms with E-state index >= 15 is 0 Å². The molecule has 3 rings (SSSR count). The van der Waals surface area contributed by atoms with Crippen LogP contribution in [0.5, 0.6) is 0 Å². The first-order chi connectivity index (χ1) is 14.1. The van der Waals surface area contributed by atoms with E-state index in [1.807, 2.05) is 0 Å². The molecular formula is C20H23ClF3N3O3. The van der Waals surface area contributed by atoms with E-state index in [0.29, 0.717) is 16.9 Å². The number of imide groups is 1. The van der Waals surface area contributed by atoms with E-state index in [2.05, 4.69) is 0 Å². The third-order valence-electron chi connectivity index (χ3n) is 5.65. The number of carbonyl (C=O) groups is 3. The minimum Gasteiger partial charge on any atom is -0.318 e. The number of amides is 4. The van der Waals surface area contributed by atoms with Crippen LogP contribution in [0, 0.1) is 5.92 Å². The van der Waals surface area contributed by atoms with E-state index in [4.69, 9.17) is 11.6 Å². The summed E-state index contributed by atoms with van der Waals surface area (Å²) >= 11 is 6.00. The molecule has 0 spiro atoms. The first-order valence-corrected chi connectivity index (χ1v) is 10.3. The predicted molar refractivity (Wildman–Crippen MR) is 103 cm³/mol. The lowest BCUT2D eigenvalue weighted by molar-refractivity contribution is -0.204. The molecule has 0 aromatic heterocycles. The molecule has 30 heavy (non-hydrogen) atoms. The van der Waals surface area contributed by atoms with Gasteiger partial charge < -0.3 is 5.32 Å². The van der Waals surface area contributed by atoms with Gasteiger partial charge in [0, 0.05) is 11.4 Å². The minimum atomic E-state index is -5.21. The van der Waals surface area contributed by atoms with E-state index in [1.165, 1.54) is 12.1 Å². The molecule has 1 saturated carbocycles. The highest BCUT2D eigenvalue weighted by atomic mass is 35.5. The van der Waals surface area contributed by atoms with Gasteiger partial charge in [0.05, 0.1) is 6.54 Å². The summed E-state index contributed by atoms with van der Waals surface area (Å²) in [7, 11) is 0. The third kappa shape index (κ3) is 4.55. The number of nitrogens with zero attached hydrogens (tertiary/aromatic N) is 1. The monoisotopic (exact) mass is 445 g/mol. The van der Waals surface area contributed by atoms with Crippen LogP contribution >= 0.6 is 11.6 Å². The minimum absolute atomic E-state index is 0.143. The molecule has 164 valence electrons. The van der Waals surface area contributed by atoms with E-state index in [1.54, 1.807) is 22.8 Å². The van der Waals surface area contributed by atoms with Crippen molar-refractivity contribution < 1.29 is 27.6 Å². The Kier molecular flexibility index (Phi) is 6.59. The fourth-order valence-electron chi connectivity index (χ4n) is 3.95. The Balaban J connectivity index is 1.74. The maximum atomic E-state index is 13.9. The van der Waals surface area contributed by atoms with E-state index in [0.717, 1.165) is 32.1 Å². The van der Waals surface area contributed by atoms with Gasteiger partial charge in [0.25, 0.3) is 11.6 Å². The SMILES string of the molecule is O=C(CCC1CCCCC1)N[C@]1(C(F)(F)F)NC(=O)N(Cc2ccccc2Cl)C1=O. The molecule has 1 saturated heterocycles. The molecule has 6 nitrogen and oxygen atoms in total. The van der Waals surface area contributed by atoms with Gasteiger partial charge in [-0.05, 0) is 24.0 Å². The quantitative estimate of drug-likeness (QED) is 0.646. The molecule has 1 atom stereocenters. The van der Waals surface area contributed by atoms with Crippen molar-refractivity contribution in [2.45, 2.75) is 63.3 Å². The third-order valence-corrected chi connectivity index (χ3v) is 6.02. The van der Waals surface area contributed by atoms with Crippen molar-refractivity contribution in [3.8, 4) is 0 Å². The molecular weight excluding hydrogens is 423 g/mol. The van der Waals surface area contributed by atoms with Crippen LogP contribution in [0.3, 0.4) is 0 Å². The molecule has 10 heteroatoms. The second kappa shape index (κ2) is 8.83. The number of halogens is 4. The highest BCUT2D eigenvalue weighted by Crippen LogP contribution is 2.35. The second-order valence-corrected chi connectivity index (χ2v) is 8.16. The van der Waals surface area contributed by atoms with Crippen molar-refractivity contribution in [3.05, 3.63) is 34.9 Å². The Bertz CT molecular complexity index is 827. The zero-order valence-electron chi connectivity index (χ0n) is 16.2. The lowest BCUT2D eigenvalue weighted by Gasteiger charge is -2.30. The molecule has 0 bridgehead atoms. The van der Waals surface area contributed by atoms with Gasteiger partial charge in [-0.3, -0.25) is 19.8 Å². The Morgan fingerprint density at radius 2 is 1.87 bits per heavy atom. The Morgan fingerprint density at radius 1 is 1.20 bits per heavy atom. The van der Waals surface area contributed by atoms with Crippen molar-refractivity contribution in [1.29, 1.82) is 0 Å². The van der Waals surface area contributed by atoms with E-state index in [9.17, 15) is 27.6 Å². The van der Waals surface area contributed by atoms with E-state index in [-0.39, 0.29) is 17.4 Å². The van der Waals surface area contributed by atoms with Gasteiger partial charge in [0.2, 0.25) is 5.91 Å². The van der Waals surface area contributed by atoms with Crippen LogP contribution in [-0.2, 0) is 16.1 Å². The van der Waals surface area contributed by atoms with Crippen LogP contribution in [0.25, 0.3) is 0 Å². The van der Waals surface area contributed by atoms with Gasteiger partial charge in [-0.1, -0.05) is 61.9 Å². The van der Waals surface area contributed by atoms with Crippen LogP contribution < -0.4 is 10.6 Å². The van der Waals surface area contributed by atoms with E-state index < -0.39 is 36.2 Å². The number of hydrogen-bond acceptors (Lipinski definition) is 3. The average molecular weight is 446 g/mol. The molecule has 1 aliphatic carbocycles. The van der Waals surface area contributed by atoms with Gasteiger partial charge in [0.15, 0.2) is 0 Å². The van der Waals surface area contributed by atoms with Crippen LogP contribution in [0.15, 0.2) is 24.3 Å². The number of carbonyl (C=O) groups excluding carboxylic acids is 3. The first kappa shape index (κ1) is 22.4. The number of benzene rings is 1. The molecule has 1 heterocycles. The maximum absolute atomic E-state index is 13.9. The summed E-state index contributed by atoms with van der Waals surface area (Å²) in [6, 6.07) is 4.96. The summed E-state index contributed by atoms with van der Waals surface area (Å²) in [5, 5.41) is 3.62. The number of rotatable bonds is 6. The summed E-state index contributed by atoms with van der Waals surface area (Å²) < 4.78 is 41.6. The van der Waals surface area contributed by atoms with Crippen LogP contribution in [-0.4, -0.2) is 34.6 Å². The summed E-state index contributed by atoms with van der Waals surface area (Å²) in [4.78, 5) is 37.7. The first-order valence-electron chi connectivity index (χ1n) is 9.89. The fraction of sp³-hybridized carbons (Fsp3) is 0.550. The highest BCUT2D eigenvalue weighted by molar-refractivity contribution is 6.31. The van der Waals surface area contributed by atoms with Crippen molar-refractivity contribution in [2.24, 2.45) is 5.92 Å². The Labute approximate surface area is 177 Å². The molecule has 4 amide bonds. The van der Waals surface area contributed by atoms with Gasteiger partial charge >= 0.3 is 12.2 Å². The van der Waals surface area contributed by atoms with Crippen molar-refractivity contribution >= 4 is 29.4 Å². The van der Waals surface area contributed by atoms with Gasteiger partial charge in [-0.25, -0.2) is 4.79 Å². The summed E-state index contributed by atoms with van der Waals surface area (Å²) in [6.07, 6.45) is 0.200. The molecule has 1 aromatic rings. The molecule has 2 fully saturated rings. The zero-order valence-corrected chi connectivity index (χ0v) is 17.0. The topological polar surface area (TPSA) is 78.5 Å². The average Bonchev–Trinajstić information content (AvgIpc) is 2.94. The van der Waals surface area contributed by atoms with Crippen LogP contribution in [0.4, 0.5) is 18.0 Å². The normalized spacial score (nSPS) is 22.9. The lowest BCUT2D eigenvalue weighted by Crippen LogP contribution is -2.69. The Morgan fingerprint density at radius 3 is 2.50 bits per heavy atom. The standard InChI is InChI=1S/C20H23ClF3N3O3/c21-15-9-5-4-8-14(15)12-27-17(29)19(20(22,23)24,26-18(27)30)25-16(28)11-10-13-6-2-1-3-7-13/h4-5,8-9,13H,1-3,6-7,10-12H2,(H,25,28)(H,26,30)/t19-/m0/s1. The largest absolute Gasteiger partial charge is 0.440 e. The smallest absolute Gasteiger partial charge is 0.318 e. The number of urea groups is 1. The molecule has 0 radical (unpaired) electrons. The summed E-state index contributed by atoms with van der Waals surface area (Å²) in [5.41, 5.74) is -3.17. The summed E-state index contributed by atoms with van der Waals surface area (Å²) in [6.45, 7) is -0.444. The molecule has 0 unspecified atom stereocenters. The van der Waals surface area contributed by atoms with Gasteiger partial charge in [-0.15, -0.1) is 0 Å². The van der Waals surface area contributed by atoms with Crippen molar-refractivity contribution in [3.63, 3.8) is 0 Å². The Hall–Kier alpha value is -2.29. The van der Waals surface area contributed by atoms with Gasteiger partial charge in [-0.2, -0.15) is 13.2 Å². The molecule has 1 aromatic carbocycles. The summed E-state index contributed by atoms with van der Waals surface area (Å²) in [5.74, 6) is -2.21. The molecule has 2 N–H and O–H groups in total. The number of alkyl halides is 3. The molecule has 1 aliphatic heterocycles. The maximum Gasteiger partial charge on any atom is 0.440 e. The van der Waals surface area contributed by atoms with Crippen LogP contribution in [0.2, 0.25) is 5.02 Å². The zero-order chi connectivity index (χ0) is 21.9. The number of nitrogens with one attached hydrogen (secondary N) is 2. The predicted octanol–water partition coefficient (Wildman–Crippen LogP) is 4.13. The lowest BCUT2D eigenvalue weighted by atomic mass is 9.86. The van der Waals surface area contributed by atoms with Gasteiger partial charge in [0.1, 0.15) is 0 Å².